The standard InChI is InChI=1S/C22H24O5/c1-14-8-9-21-13-25-22(12-16(23)11-20(21,22)2)19(26-17(21)10-14)27-18(24)15-6-4-3-5-7-15/h3-7,10,17,19H,8-9,11-13H2,1-2H3. The first-order valence-electron chi connectivity index (χ1n) is 9.65. The van der Waals surface area contributed by atoms with Crippen molar-refractivity contribution < 1.29 is 23.8 Å². The number of esters is 1. The predicted octanol–water partition coefficient (Wildman–Crippen LogP) is 3.43. The predicted molar refractivity (Wildman–Crippen MR) is 97.0 cm³/mol. The molecule has 3 fully saturated rings. The van der Waals surface area contributed by atoms with Crippen LogP contribution >= 0.6 is 0 Å². The molecule has 2 saturated heterocycles. The minimum atomic E-state index is -0.885. The second-order valence-electron chi connectivity index (χ2n) is 8.73. The fraction of sp³-hybridized carbons (Fsp3) is 0.545. The van der Waals surface area contributed by atoms with Gasteiger partial charge in [0, 0.05) is 23.7 Å². The van der Waals surface area contributed by atoms with E-state index in [-0.39, 0.29) is 23.7 Å². The van der Waals surface area contributed by atoms with Crippen LogP contribution in [-0.2, 0) is 19.0 Å². The molecule has 4 aliphatic rings. The Morgan fingerprint density at radius 1 is 1.22 bits per heavy atom. The van der Waals surface area contributed by atoms with Crippen molar-refractivity contribution in [3.05, 3.63) is 47.5 Å². The highest BCUT2D eigenvalue weighted by Gasteiger charge is 2.79. The molecule has 0 radical (unpaired) electrons. The van der Waals surface area contributed by atoms with Crippen LogP contribution in [-0.4, -0.2) is 36.4 Å². The van der Waals surface area contributed by atoms with Gasteiger partial charge in [-0.15, -0.1) is 0 Å². The lowest BCUT2D eigenvalue weighted by Crippen LogP contribution is -2.65. The quantitative estimate of drug-likeness (QED) is 0.591. The molecule has 1 aromatic carbocycles. The molecule has 27 heavy (non-hydrogen) atoms. The van der Waals surface area contributed by atoms with Gasteiger partial charge in [-0.3, -0.25) is 4.79 Å². The van der Waals surface area contributed by atoms with Gasteiger partial charge >= 0.3 is 5.97 Å². The molecule has 1 aromatic rings. The zero-order valence-corrected chi connectivity index (χ0v) is 15.7. The largest absolute Gasteiger partial charge is 0.429 e. The molecule has 2 aliphatic heterocycles. The summed E-state index contributed by atoms with van der Waals surface area (Å²) >= 11 is 0. The van der Waals surface area contributed by atoms with E-state index >= 15 is 0 Å². The fourth-order valence-electron chi connectivity index (χ4n) is 5.81. The first-order valence-corrected chi connectivity index (χ1v) is 9.65. The van der Waals surface area contributed by atoms with Gasteiger partial charge in [0.15, 0.2) is 0 Å². The van der Waals surface area contributed by atoms with Crippen LogP contribution < -0.4 is 0 Å². The normalized spacial score (nSPS) is 42.3. The maximum Gasteiger partial charge on any atom is 0.340 e. The average molecular weight is 368 g/mol. The van der Waals surface area contributed by atoms with E-state index in [1.165, 1.54) is 5.57 Å². The van der Waals surface area contributed by atoms with Gasteiger partial charge in [-0.2, -0.15) is 0 Å². The number of benzene rings is 1. The van der Waals surface area contributed by atoms with E-state index in [2.05, 4.69) is 19.9 Å². The van der Waals surface area contributed by atoms with Crippen molar-refractivity contribution in [3.8, 4) is 0 Å². The maximum absolute atomic E-state index is 12.7. The summed E-state index contributed by atoms with van der Waals surface area (Å²) in [6.07, 6.45) is 3.67. The molecular weight excluding hydrogens is 344 g/mol. The van der Waals surface area contributed by atoms with Gasteiger partial charge in [0.2, 0.25) is 6.29 Å². The van der Waals surface area contributed by atoms with E-state index in [0.717, 1.165) is 12.8 Å². The summed E-state index contributed by atoms with van der Waals surface area (Å²) in [5.41, 5.74) is 0.233. The summed E-state index contributed by atoms with van der Waals surface area (Å²) in [6.45, 7) is 4.78. The van der Waals surface area contributed by atoms with Gasteiger partial charge in [-0.25, -0.2) is 4.79 Å². The zero-order chi connectivity index (χ0) is 18.9. The molecule has 2 bridgehead atoms. The van der Waals surface area contributed by atoms with Crippen LogP contribution in [0.1, 0.15) is 49.9 Å². The lowest BCUT2D eigenvalue weighted by atomic mass is 9.52. The Bertz CT molecular complexity index is 846. The van der Waals surface area contributed by atoms with Gasteiger partial charge in [-0.1, -0.05) is 36.8 Å². The van der Waals surface area contributed by atoms with Crippen molar-refractivity contribution in [2.75, 3.05) is 6.61 Å². The highest BCUT2D eigenvalue weighted by molar-refractivity contribution is 5.90. The Hall–Kier alpha value is -1.98. The van der Waals surface area contributed by atoms with E-state index in [9.17, 15) is 9.59 Å². The van der Waals surface area contributed by atoms with Crippen LogP contribution in [0.2, 0.25) is 0 Å². The third-order valence-corrected chi connectivity index (χ3v) is 7.45. The number of rotatable bonds is 2. The molecule has 5 atom stereocenters. The van der Waals surface area contributed by atoms with Crippen molar-refractivity contribution in [1.82, 2.24) is 0 Å². The minimum Gasteiger partial charge on any atom is -0.429 e. The van der Waals surface area contributed by atoms with Crippen LogP contribution in [0.5, 0.6) is 0 Å². The molecular formula is C22H24O5. The number of ether oxygens (including phenoxy) is 3. The molecule has 5 rings (SSSR count). The number of Topliss-reactive ketones (excluding diaryl/α,β-unsaturated/α-hetero) is 1. The Labute approximate surface area is 158 Å². The summed E-state index contributed by atoms with van der Waals surface area (Å²) in [6, 6.07) is 8.87. The third kappa shape index (κ3) is 2.07. The number of hydrogen-bond acceptors (Lipinski definition) is 5. The van der Waals surface area contributed by atoms with Crippen LogP contribution in [0, 0.1) is 10.8 Å². The Balaban J connectivity index is 1.56. The third-order valence-electron chi connectivity index (χ3n) is 7.45. The molecule has 1 saturated carbocycles. The highest BCUT2D eigenvalue weighted by atomic mass is 16.7. The molecule has 5 heteroatoms. The lowest BCUT2D eigenvalue weighted by Gasteiger charge is -2.56. The van der Waals surface area contributed by atoms with Gasteiger partial charge < -0.3 is 14.2 Å². The first kappa shape index (κ1) is 17.1. The summed E-state index contributed by atoms with van der Waals surface area (Å²) in [7, 11) is 0. The zero-order valence-electron chi connectivity index (χ0n) is 15.7. The van der Waals surface area contributed by atoms with Crippen molar-refractivity contribution >= 4 is 11.8 Å². The summed E-state index contributed by atoms with van der Waals surface area (Å²) in [5.74, 6) is -0.288. The highest BCUT2D eigenvalue weighted by Crippen LogP contribution is 2.71. The van der Waals surface area contributed by atoms with Gasteiger partial charge in [0.25, 0.3) is 0 Å². The summed E-state index contributed by atoms with van der Waals surface area (Å²) in [4.78, 5) is 25.3. The SMILES string of the molecule is CC1=CC2OC(OC(=O)c3ccccc3)C34CC(=O)CC3(C)C2(CC1)CO4. The van der Waals surface area contributed by atoms with Crippen molar-refractivity contribution in [2.45, 2.75) is 57.5 Å². The molecule has 0 aromatic heterocycles. The number of allylic oxidation sites excluding steroid dienone is 1. The smallest absolute Gasteiger partial charge is 0.340 e. The van der Waals surface area contributed by atoms with Crippen molar-refractivity contribution in [1.29, 1.82) is 0 Å². The van der Waals surface area contributed by atoms with Gasteiger partial charge in [0.05, 0.1) is 18.3 Å². The molecule has 2 heterocycles. The Morgan fingerprint density at radius 2 is 2.00 bits per heavy atom. The van der Waals surface area contributed by atoms with E-state index in [0.29, 0.717) is 18.6 Å². The number of hydrogen-bond donors (Lipinski definition) is 0. The van der Waals surface area contributed by atoms with E-state index < -0.39 is 23.3 Å². The summed E-state index contributed by atoms with van der Waals surface area (Å²) in [5, 5.41) is 0. The number of ketones is 1. The molecule has 1 spiro atoms. The van der Waals surface area contributed by atoms with Crippen molar-refractivity contribution in [2.24, 2.45) is 10.8 Å². The molecule has 0 amide bonds. The van der Waals surface area contributed by atoms with Crippen LogP contribution in [0.4, 0.5) is 0 Å². The minimum absolute atomic E-state index is 0.160. The van der Waals surface area contributed by atoms with Crippen LogP contribution in [0.15, 0.2) is 42.0 Å². The summed E-state index contributed by atoms with van der Waals surface area (Å²) < 4.78 is 18.5. The second-order valence-corrected chi connectivity index (χ2v) is 8.73. The van der Waals surface area contributed by atoms with Crippen LogP contribution in [0.3, 0.4) is 0 Å². The molecule has 142 valence electrons. The monoisotopic (exact) mass is 368 g/mol. The lowest BCUT2D eigenvalue weighted by molar-refractivity contribution is -0.289. The fourth-order valence-corrected chi connectivity index (χ4v) is 5.81. The van der Waals surface area contributed by atoms with Crippen molar-refractivity contribution in [3.63, 3.8) is 0 Å². The Kier molecular flexibility index (Phi) is 3.50. The van der Waals surface area contributed by atoms with Gasteiger partial charge in [-0.05, 0) is 31.9 Å². The number of carbonyl (C=O) groups excluding carboxylic acids is 2. The average Bonchev–Trinajstić information content (AvgIpc) is 2.99. The van der Waals surface area contributed by atoms with E-state index in [4.69, 9.17) is 14.2 Å². The molecule has 0 N–H and O–H groups in total. The Morgan fingerprint density at radius 3 is 2.78 bits per heavy atom. The molecule has 5 nitrogen and oxygen atoms in total. The topological polar surface area (TPSA) is 61.8 Å². The number of carbonyl (C=O) groups is 2. The maximum atomic E-state index is 12.7. The van der Waals surface area contributed by atoms with E-state index in [1.54, 1.807) is 24.3 Å². The molecule has 2 aliphatic carbocycles. The second kappa shape index (κ2) is 5.52. The molecule has 5 unspecified atom stereocenters. The van der Waals surface area contributed by atoms with E-state index in [1.807, 2.05) is 6.07 Å². The first-order chi connectivity index (χ1) is 12.9. The van der Waals surface area contributed by atoms with Crippen LogP contribution in [0.25, 0.3) is 0 Å². The van der Waals surface area contributed by atoms with Gasteiger partial charge in [0.1, 0.15) is 11.4 Å².